The molecule has 0 aliphatic rings. The van der Waals surface area contributed by atoms with E-state index in [9.17, 15) is 0 Å². The van der Waals surface area contributed by atoms with Crippen LogP contribution in [0, 0.1) is 0 Å². The third-order valence-corrected chi connectivity index (χ3v) is 2.87. The maximum Gasteiger partial charge on any atom is 0.169 e. The standard InChI is InChI=1S/C13H18N4O/c1-3-6-11-13(14)15-16-17(11)9-10-7-4-5-8-12(10)18-2/h4-5,7-8H,3,6,9,14H2,1-2H3. The van der Waals surface area contributed by atoms with Crippen molar-refractivity contribution in [3.05, 3.63) is 35.5 Å². The third-order valence-electron chi connectivity index (χ3n) is 2.87. The lowest BCUT2D eigenvalue weighted by molar-refractivity contribution is 0.406. The molecule has 1 aromatic heterocycles. The number of hydrogen-bond acceptors (Lipinski definition) is 4. The van der Waals surface area contributed by atoms with Gasteiger partial charge in [-0.1, -0.05) is 36.8 Å². The molecule has 5 nitrogen and oxygen atoms in total. The van der Waals surface area contributed by atoms with Crippen LogP contribution in [0.2, 0.25) is 0 Å². The maximum absolute atomic E-state index is 5.83. The molecule has 2 rings (SSSR count). The Kier molecular flexibility index (Phi) is 3.82. The summed E-state index contributed by atoms with van der Waals surface area (Å²) in [6, 6.07) is 7.89. The van der Waals surface area contributed by atoms with E-state index in [1.165, 1.54) is 0 Å². The normalized spacial score (nSPS) is 10.6. The largest absolute Gasteiger partial charge is 0.496 e. The molecule has 0 amide bonds. The van der Waals surface area contributed by atoms with E-state index in [0.717, 1.165) is 29.8 Å². The Morgan fingerprint density at radius 3 is 2.83 bits per heavy atom. The van der Waals surface area contributed by atoms with Crippen LogP contribution in [-0.4, -0.2) is 22.1 Å². The van der Waals surface area contributed by atoms with Crippen molar-refractivity contribution < 1.29 is 4.74 Å². The summed E-state index contributed by atoms with van der Waals surface area (Å²) in [6.07, 6.45) is 1.90. The summed E-state index contributed by atoms with van der Waals surface area (Å²) in [5, 5.41) is 8.03. The first kappa shape index (κ1) is 12.4. The van der Waals surface area contributed by atoms with Crippen molar-refractivity contribution in [1.82, 2.24) is 15.0 Å². The molecule has 2 N–H and O–H groups in total. The zero-order valence-electron chi connectivity index (χ0n) is 10.8. The number of anilines is 1. The molecule has 2 aromatic rings. The van der Waals surface area contributed by atoms with E-state index in [2.05, 4.69) is 17.2 Å². The molecule has 0 saturated carbocycles. The fraction of sp³-hybridized carbons (Fsp3) is 0.385. The number of hydrogen-bond donors (Lipinski definition) is 1. The lowest BCUT2D eigenvalue weighted by atomic mass is 10.2. The Balaban J connectivity index is 2.28. The van der Waals surface area contributed by atoms with E-state index in [1.54, 1.807) is 7.11 Å². The van der Waals surface area contributed by atoms with Gasteiger partial charge in [0.1, 0.15) is 5.75 Å². The molecule has 96 valence electrons. The molecule has 5 heteroatoms. The van der Waals surface area contributed by atoms with Gasteiger partial charge in [-0.05, 0) is 12.5 Å². The van der Waals surface area contributed by atoms with Gasteiger partial charge in [-0.3, -0.25) is 0 Å². The van der Waals surface area contributed by atoms with Gasteiger partial charge in [0.15, 0.2) is 5.82 Å². The second-order valence-electron chi connectivity index (χ2n) is 4.14. The molecule has 0 spiro atoms. The van der Waals surface area contributed by atoms with Gasteiger partial charge in [-0.2, -0.15) is 0 Å². The molecule has 18 heavy (non-hydrogen) atoms. The van der Waals surface area contributed by atoms with E-state index < -0.39 is 0 Å². The molecule has 1 aromatic carbocycles. The highest BCUT2D eigenvalue weighted by Gasteiger charge is 2.11. The van der Waals surface area contributed by atoms with Crippen molar-refractivity contribution in [1.29, 1.82) is 0 Å². The molecule has 0 radical (unpaired) electrons. The molecule has 0 fully saturated rings. The number of aromatic nitrogens is 3. The Bertz CT molecular complexity index is 521. The minimum Gasteiger partial charge on any atom is -0.496 e. The zero-order chi connectivity index (χ0) is 13.0. The van der Waals surface area contributed by atoms with Crippen molar-refractivity contribution >= 4 is 5.82 Å². The highest BCUT2D eigenvalue weighted by atomic mass is 16.5. The smallest absolute Gasteiger partial charge is 0.169 e. The highest BCUT2D eigenvalue weighted by molar-refractivity contribution is 5.36. The van der Waals surface area contributed by atoms with Crippen LogP contribution >= 0.6 is 0 Å². The number of nitrogens with zero attached hydrogens (tertiary/aromatic N) is 3. The maximum atomic E-state index is 5.83. The van der Waals surface area contributed by atoms with E-state index in [4.69, 9.17) is 10.5 Å². The quantitative estimate of drug-likeness (QED) is 0.874. The third kappa shape index (κ3) is 2.45. The number of nitrogens with two attached hydrogens (primary N) is 1. The first-order valence-electron chi connectivity index (χ1n) is 6.06. The number of para-hydroxylation sites is 1. The van der Waals surface area contributed by atoms with E-state index in [-0.39, 0.29) is 0 Å². The second kappa shape index (κ2) is 5.53. The second-order valence-corrected chi connectivity index (χ2v) is 4.14. The molecular weight excluding hydrogens is 228 g/mol. The lowest BCUT2D eigenvalue weighted by Crippen LogP contribution is -2.08. The predicted octanol–water partition coefficient (Wildman–Crippen LogP) is 1.87. The zero-order valence-corrected chi connectivity index (χ0v) is 10.8. The van der Waals surface area contributed by atoms with Crippen molar-refractivity contribution in [2.75, 3.05) is 12.8 Å². The molecule has 0 atom stereocenters. The van der Waals surface area contributed by atoms with Crippen LogP contribution in [0.15, 0.2) is 24.3 Å². The number of rotatable bonds is 5. The molecule has 0 aliphatic heterocycles. The minimum absolute atomic E-state index is 0.520. The van der Waals surface area contributed by atoms with Crippen LogP contribution in [0.5, 0.6) is 5.75 Å². The Hall–Kier alpha value is -2.04. The average molecular weight is 246 g/mol. The van der Waals surface area contributed by atoms with Crippen LogP contribution in [0.4, 0.5) is 5.82 Å². The van der Waals surface area contributed by atoms with Gasteiger partial charge in [-0.15, -0.1) is 5.10 Å². The average Bonchev–Trinajstić information content (AvgIpc) is 2.73. The van der Waals surface area contributed by atoms with Crippen molar-refractivity contribution in [3.8, 4) is 5.75 Å². The number of methoxy groups -OCH3 is 1. The summed E-state index contributed by atoms with van der Waals surface area (Å²) >= 11 is 0. The molecule has 0 bridgehead atoms. The predicted molar refractivity (Wildman–Crippen MR) is 70.5 cm³/mol. The topological polar surface area (TPSA) is 66.0 Å². The number of nitrogen functional groups attached to an aromatic ring is 1. The summed E-state index contributed by atoms with van der Waals surface area (Å²) in [5.41, 5.74) is 7.89. The van der Waals surface area contributed by atoms with Crippen molar-refractivity contribution in [2.45, 2.75) is 26.3 Å². The van der Waals surface area contributed by atoms with Gasteiger partial charge in [0.25, 0.3) is 0 Å². The first-order valence-corrected chi connectivity index (χ1v) is 6.06. The summed E-state index contributed by atoms with van der Waals surface area (Å²) in [4.78, 5) is 0. The Morgan fingerprint density at radius 2 is 2.11 bits per heavy atom. The molecule has 1 heterocycles. The molecular formula is C13H18N4O. The van der Waals surface area contributed by atoms with E-state index in [1.807, 2.05) is 28.9 Å². The monoisotopic (exact) mass is 246 g/mol. The van der Waals surface area contributed by atoms with Crippen molar-refractivity contribution in [2.24, 2.45) is 0 Å². The fourth-order valence-corrected chi connectivity index (χ4v) is 1.96. The lowest BCUT2D eigenvalue weighted by Gasteiger charge is -2.10. The van der Waals surface area contributed by atoms with Gasteiger partial charge >= 0.3 is 0 Å². The number of benzene rings is 1. The van der Waals surface area contributed by atoms with Gasteiger partial charge in [0.2, 0.25) is 0 Å². The van der Waals surface area contributed by atoms with Gasteiger partial charge in [0, 0.05) is 5.56 Å². The SMILES string of the molecule is CCCc1c(N)nnn1Cc1ccccc1OC. The molecule has 0 unspecified atom stereocenters. The van der Waals surface area contributed by atoms with Gasteiger partial charge in [0.05, 0.1) is 19.3 Å². The van der Waals surface area contributed by atoms with E-state index in [0.29, 0.717) is 12.4 Å². The Labute approximate surface area is 107 Å². The van der Waals surface area contributed by atoms with Gasteiger partial charge in [-0.25, -0.2) is 4.68 Å². The molecule has 0 saturated heterocycles. The summed E-state index contributed by atoms with van der Waals surface area (Å²) < 4.78 is 7.18. The fourth-order valence-electron chi connectivity index (χ4n) is 1.96. The van der Waals surface area contributed by atoms with Crippen LogP contribution in [0.1, 0.15) is 24.6 Å². The van der Waals surface area contributed by atoms with Crippen LogP contribution in [-0.2, 0) is 13.0 Å². The minimum atomic E-state index is 0.520. The van der Waals surface area contributed by atoms with Gasteiger partial charge < -0.3 is 10.5 Å². The van der Waals surface area contributed by atoms with Crippen molar-refractivity contribution in [3.63, 3.8) is 0 Å². The highest BCUT2D eigenvalue weighted by Crippen LogP contribution is 2.20. The van der Waals surface area contributed by atoms with Crippen LogP contribution < -0.4 is 10.5 Å². The summed E-state index contributed by atoms with van der Waals surface area (Å²) in [5.74, 6) is 1.38. The van der Waals surface area contributed by atoms with Crippen LogP contribution in [0.25, 0.3) is 0 Å². The number of ether oxygens (including phenoxy) is 1. The summed E-state index contributed by atoms with van der Waals surface area (Å²) in [7, 11) is 1.67. The van der Waals surface area contributed by atoms with Crippen LogP contribution in [0.3, 0.4) is 0 Å². The first-order chi connectivity index (χ1) is 8.76. The van der Waals surface area contributed by atoms with E-state index >= 15 is 0 Å². The Morgan fingerprint density at radius 1 is 1.33 bits per heavy atom. The summed E-state index contributed by atoms with van der Waals surface area (Å²) in [6.45, 7) is 2.74. The molecule has 0 aliphatic carbocycles.